The van der Waals surface area contributed by atoms with E-state index in [-0.39, 0.29) is 17.3 Å². The molecule has 4 rings (SSSR count). The number of fused-ring (bicyclic) bond motifs is 1. The summed E-state index contributed by atoms with van der Waals surface area (Å²) in [5.74, 6) is -0.0396. The Morgan fingerprint density at radius 2 is 1.73 bits per heavy atom. The number of hydrogen-bond donors (Lipinski definition) is 1. The summed E-state index contributed by atoms with van der Waals surface area (Å²) in [6.45, 7) is 4.64. The van der Waals surface area contributed by atoms with Crippen molar-refractivity contribution in [2.24, 2.45) is 0 Å². The lowest BCUT2D eigenvalue weighted by molar-refractivity contribution is 0.0989. The number of nitrogens with one attached hydrogen (secondary N) is 1. The number of nitrogens with zero attached hydrogens (tertiary/aromatic N) is 1. The second-order valence-electron chi connectivity index (χ2n) is 7.61. The number of anilines is 1. The first-order valence-corrected chi connectivity index (χ1v) is 11.4. The van der Waals surface area contributed by atoms with Crippen molar-refractivity contribution in [3.8, 4) is 0 Å². The smallest absolute Gasteiger partial charge is 0.258 e. The first kappa shape index (κ1) is 20.3. The molecular weight excluding hydrogens is 396 g/mol. The molecule has 3 aromatic carbocycles. The summed E-state index contributed by atoms with van der Waals surface area (Å²) in [6, 6.07) is 20.1. The van der Waals surface area contributed by atoms with E-state index in [4.69, 9.17) is 0 Å². The van der Waals surface area contributed by atoms with E-state index in [1.54, 1.807) is 17.0 Å². The van der Waals surface area contributed by atoms with Gasteiger partial charge in [0, 0.05) is 24.3 Å². The molecule has 1 heterocycles. The Balaban J connectivity index is 1.53. The molecule has 1 N–H and O–H groups in total. The van der Waals surface area contributed by atoms with Gasteiger partial charge in [0.25, 0.3) is 5.91 Å². The first-order chi connectivity index (χ1) is 14.3. The van der Waals surface area contributed by atoms with E-state index >= 15 is 0 Å². The molecule has 0 bridgehead atoms. The third-order valence-corrected chi connectivity index (χ3v) is 6.97. The molecule has 0 aliphatic carbocycles. The number of carbonyl (C=O) groups is 1. The van der Waals surface area contributed by atoms with Gasteiger partial charge in [0.05, 0.1) is 4.90 Å². The van der Waals surface area contributed by atoms with Crippen LogP contribution in [0, 0.1) is 13.8 Å². The van der Waals surface area contributed by atoms with Gasteiger partial charge in [-0.25, -0.2) is 13.1 Å². The maximum Gasteiger partial charge on any atom is 0.258 e. The summed E-state index contributed by atoms with van der Waals surface area (Å²) in [6.07, 6.45) is 0.794. The standard InChI is InChI=1S/C24H24N2O3S/c1-17-8-11-22(14-18(17)2)30(28,29)25-16-19-9-10-20-12-13-26(23(20)15-19)24(27)21-6-4-3-5-7-21/h3-11,14-15,25H,12-13,16H2,1-2H3. The van der Waals surface area contributed by atoms with Crippen LogP contribution in [0.25, 0.3) is 0 Å². The SMILES string of the molecule is Cc1ccc(S(=O)(=O)NCc2ccc3c(c2)N(C(=O)c2ccccc2)CC3)cc1C. The number of hydrogen-bond acceptors (Lipinski definition) is 3. The van der Waals surface area contributed by atoms with Crippen molar-refractivity contribution in [1.29, 1.82) is 0 Å². The van der Waals surface area contributed by atoms with Crippen molar-refractivity contribution in [2.75, 3.05) is 11.4 Å². The van der Waals surface area contributed by atoms with Crippen LogP contribution in [0.5, 0.6) is 0 Å². The first-order valence-electron chi connectivity index (χ1n) is 9.91. The zero-order chi connectivity index (χ0) is 21.3. The Kier molecular flexibility index (Phi) is 5.45. The summed E-state index contributed by atoms with van der Waals surface area (Å²) in [5.41, 5.74) is 5.40. The van der Waals surface area contributed by atoms with Gasteiger partial charge in [0.2, 0.25) is 10.0 Å². The lowest BCUT2D eigenvalue weighted by Gasteiger charge is -2.18. The van der Waals surface area contributed by atoms with Crippen LogP contribution in [0.3, 0.4) is 0 Å². The number of benzene rings is 3. The van der Waals surface area contributed by atoms with Crippen molar-refractivity contribution in [2.45, 2.75) is 31.7 Å². The third-order valence-electron chi connectivity index (χ3n) is 5.57. The average molecular weight is 421 g/mol. The van der Waals surface area contributed by atoms with Crippen molar-refractivity contribution in [3.63, 3.8) is 0 Å². The van der Waals surface area contributed by atoms with Crippen LogP contribution in [0.4, 0.5) is 5.69 Å². The molecule has 0 saturated heterocycles. The lowest BCUT2D eigenvalue weighted by Crippen LogP contribution is -2.29. The van der Waals surface area contributed by atoms with Gasteiger partial charge in [0.1, 0.15) is 0 Å². The van der Waals surface area contributed by atoms with Crippen LogP contribution in [-0.4, -0.2) is 20.9 Å². The van der Waals surface area contributed by atoms with Gasteiger partial charge in [-0.15, -0.1) is 0 Å². The molecule has 0 spiro atoms. The normalized spacial score (nSPS) is 13.3. The molecule has 30 heavy (non-hydrogen) atoms. The predicted octanol–water partition coefficient (Wildman–Crippen LogP) is 3.98. The van der Waals surface area contributed by atoms with Crippen LogP contribution in [0.2, 0.25) is 0 Å². The summed E-state index contributed by atoms with van der Waals surface area (Å²) in [7, 11) is -3.62. The second kappa shape index (κ2) is 8.05. The van der Waals surface area contributed by atoms with Crippen molar-refractivity contribution >= 4 is 21.6 Å². The van der Waals surface area contributed by atoms with E-state index in [1.807, 2.05) is 68.4 Å². The quantitative estimate of drug-likeness (QED) is 0.679. The minimum Gasteiger partial charge on any atom is -0.308 e. The van der Waals surface area contributed by atoms with E-state index in [2.05, 4.69) is 4.72 Å². The number of rotatable bonds is 5. The van der Waals surface area contributed by atoms with E-state index in [0.717, 1.165) is 34.4 Å². The molecule has 6 heteroatoms. The van der Waals surface area contributed by atoms with Crippen LogP contribution >= 0.6 is 0 Å². The molecule has 0 aromatic heterocycles. The molecule has 3 aromatic rings. The Bertz CT molecular complexity index is 1200. The molecule has 0 radical (unpaired) electrons. The highest BCUT2D eigenvalue weighted by Crippen LogP contribution is 2.30. The second-order valence-corrected chi connectivity index (χ2v) is 9.37. The third kappa shape index (κ3) is 4.01. The molecule has 154 valence electrons. The van der Waals surface area contributed by atoms with E-state index in [1.165, 1.54) is 0 Å². The van der Waals surface area contributed by atoms with Crippen molar-refractivity contribution in [3.05, 3.63) is 94.5 Å². The lowest BCUT2D eigenvalue weighted by atomic mass is 10.1. The fourth-order valence-electron chi connectivity index (χ4n) is 3.63. The van der Waals surface area contributed by atoms with Gasteiger partial charge in [-0.05, 0) is 72.9 Å². The number of carbonyl (C=O) groups excluding carboxylic acids is 1. The van der Waals surface area contributed by atoms with Crippen LogP contribution in [0.15, 0.2) is 71.6 Å². The van der Waals surface area contributed by atoms with E-state index in [9.17, 15) is 13.2 Å². The molecule has 1 aliphatic rings. The fraction of sp³-hybridized carbons (Fsp3) is 0.208. The molecule has 0 fully saturated rings. The maximum atomic E-state index is 12.9. The fourth-order valence-corrected chi connectivity index (χ4v) is 4.73. The van der Waals surface area contributed by atoms with Gasteiger partial charge >= 0.3 is 0 Å². The molecule has 1 amide bonds. The average Bonchev–Trinajstić information content (AvgIpc) is 3.17. The largest absolute Gasteiger partial charge is 0.308 e. The monoisotopic (exact) mass is 420 g/mol. The zero-order valence-electron chi connectivity index (χ0n) is 17.1. The Morgan fingerprint density at radius 1 is 0.967 bits per heavy atom. The highest BCUT2D eigenvalue weighted by molar-refractivity contribution is 7.89. The summed E-state index contributed by atoms with van der Waals surface area (Å²) < 4.78 is 28.0. The highest BCUT2D eigenvalue weighted by atomic mass is 32.2. The van der Waals surface area contributed by atoms with Gasteiger partial charge in [-0.1, -0.05) is 36.4 Å². The van der Waals surface area contributed by atoms with Crippen LogP contribution in [0.1, 0.15) is 32.6 Å². The van der Waals surface area contributed by atoms with Gasteiger partial charge in [-0.2, -0.15) is 0 Å². The van der Waals surface area contributed by atoms with E-state index < -0.39 is 10.0 Å². The molecule has 0 saturated carbocycles. The van der Waals surface area contributed by atoms with Gasteiger partial charge in [0.15, 0.2) is 0 Å². The zero-order valence-corrected chi connectivity index (χ0v) is 17.9. The molecule has 0 atom stereocenters. The number of sulfonamides is 1. The Hall–Kier alpha value is -2.96. The summed E-state index contributed by atoms with van der Waals surface area (Å²) >= 11 is 0. The van der Waals surface area contributed by atoms with Crippen molar-refractivity contribution < 1.29 is 13.2 Å². The topological polar surface area (TPSA) is 66.5 Å². The molecule has 0 unspecified atom stereocenters. The van der Waals surface area contributed by atoms with Crippen molar-refractivity contribution in [1.82, 2.24) is 4.72 Å². The molecule has 1 aliphatic heterocycles. The number of amides is 1. The van der Waals surface area contributed by atoms with Crippen LogP contribution in [-0.2, 0) is 23.0 Å². The highest BCUT2D eigenvalue weighted by Gasteiger charge is 2.26. The Morgan fingerprint density at radius 3 is 2.47 bits per heavy atom. The van der Waals surface area contributed by atoms with Crippen LogP contribution < -0.4 is 9.62 Å². The predicted molar refractivity (Wildman–Crippen MR) is 118 cm³/mol. The van der Waals surface area contributed by atoms with Gasteiger partial charge < -0.3 is 4.90 Å². The number of aryl methyl sites for hydroxylation is 2. The summed E-state index contributed by atoms with van der Waals surface area (Å²) in [5, 5.41) is 0. The maximum absolute atomic E-state index is 12.9. The van der Waals surface area contributed by atoms with E-state index in [0.29, 0.717) is 12.1 Å². The molecule has 5 nitrogen and oxygen atoms in total. The summed E-state index contributed by atoms with van der Waals surface area (Å²) in [4.78, 5) is 14.9. The van der Waals surface area contributed by atoms with Gasteiger partial charge in [-0.3, -0.25) is 4.79 Å². The Labute approximate surface area is 177 Å². The minimum atomic E-state index is -3.62. The molecular formula is C24H24N2O3S. The minimum absolute atomic E-state index is 0.0396.